The summed E-state index contributed by atoms with van der Waals surface area (Å²) in [6.45, 7) is 5.74. The lowest BCUT2D eigenvalue weighted by Gasteiger charge is -2.06. The van der Waals surface area contributed by atoms with Crippen molar-refractivity contribution >= 4 is 5.97 Å². The molecule has 15 heavy (non-hydrogen) atoms. The number of aryl methyl sites for hydroxylation is 1. The van der Waals surface area contributed by atoms with Crippen molar-refractivity contribution in [2.45, 2.75) is 27.3 Å². The number of aromatic nitrogens is 1. The number of carbonyl (C=O) groups excluding carboxylic acids is 1. The molecule has 1 heterocycles. The van der Waals surface area contributed by atoms with Crippen molar-refractivity contribution in [2.75, 3.05) is 7.11 Å². The summed E-state index contributed by atoms with van der Waals surface area (Å²) in [4.78, 5) is 22.2. The minimum Gasteiger partial charge on any atom is -0.468 e. The highest BCUT2D eigenvalue weighted by Gasteiger charge is 2.04. The Labute approximate surface area is 89.5 Å². The van der Waals surface area contributed by atoms with Crippen LogP contribution in [0.15, 0.2) is 23.0 Å². The third-order valence-electron chi connectivity index (χ3n) is 1.78. The molecule has 0 aliphatic rings. The van der Waals surface area contributed by atoms with Crippen molar-refractivity contribution in [1.82, 2.24) is 4.57 Å². The fraction of sp³-hybridized carbons (Fsp3) is 0.455. The van der Waals surface area contributed by atoms with Gasteiger partial charge in [-0.15, -0.1) is 0 Å². The first kappa shape index (κ1) is 13.4. The zero-order valence-corrected chi connectivity index (χ0v) is 9.61. The minimum atomic E-state index is -0.420. The van der Waals surface area contributed by atoms with Crippen LogP contribution in [-0.2, 0) is 16.1 Å². The highest BCUT2D eigenvalue weighted by atomic mass is 16.5. The average molecular weight is 211 g/mol. The van der Waals surface area contributed by atoms with E-state index in [2.05, 4.69) is 4.74 Å². The molecule has 0 saturated carbocycles. The molecule has 0 N–H and O–H groups in total. The largest absolute Gasteiger partial charge is 0.468 e. The van der Waals surface area contributed by atoms with E-state index >= 15 is 0 Å². The molecule has 0 aromatic carbocycles. The van der Waals surface area contributed by atoms with E-state index in [-0.39, 0.29) is 12.1 Å². The topological polar surface area (TPSA) is 48.3 Å². The predicted molar refractivity (Wildman–Crippen MR) is 58.8 cm³/mol. The molecule has 0 fully saturated rings. The molecule has 0 aliphatic heterocycles. The van der Waals surface area contributed by atoms with Gasteiger partial charge >= 0.3 is 5.97 Å². The molecular weight excluding hydrogens is 194 g/mol. The predicted octanol–water partition coefficient (Wildman–Crippen LogP) is 1.36. The Hall–Kier alpha value is -1.58. The summed E-state index contributed by atoms with van der Waals surface area (Å²) in [5.41, 5.74) is 0.559. The molecule has 4 heteroatoms. The van der Waals surface area contributed by atoms with Crippen LogP contribution in [0.25, 0.3) is 0 Å². The SMILES string of the molecule is CC.COC(=O)Cn1c(C)cccc1=O. The van der Waals surface area contributed by atoms with Crippen LogP contribution in [0.4, 0.5) is 0 Å². The summed E-state index contributed by atoms with van der Waals surface area (Å²) in [6.07, 6.45) is 0. The number of nitrogens with zero attached hydrogens (tertiary/aromatic N) is 1. The smallest absolute Gasteiger partial charge is 0.325 e. The maximum Gasteiger partial charge on any atom is 0.325 e. The van der Waals surface area contributed by atoms with Gasteiger partial charge in [0.25, 0.3) is 5.56 Å². The Morgan fingerprint density at radius 2 is 2.00 bits per heavy atom. The Kier molecular flexibility index (Phi) is 6.09. The van der Waals surface area contributed by atoms with E-state index in [4.69, 9.17) is 0 Å². The van der Waals surface area contributed by atoms with E-state index in [1.54, 1.807) is 19.1 Å². The number of hydrogen-bond acceptors (Lipinski definition) is 3. The molecule has 4 nitrogen and oxygen atoms in total. The second kappa shape index (κ2) is 6.81. The van der Waals surface area contributed by atoms with Gasteiger partial charge in [0.1, 0.15) is 6.54 Å². The van der Waals surface area contributed by atoms with Crippen LogP contribution in [0.3, 0.4) is 0 Å². The van der Waals surface area contributed by atoms with Crippen LogP contribution in [0.2, 0.25) is 0 Å². The molecule has 1 aromatic heterocycles. The molecule has 0 spiro atoms. The fourth-order valence-corrected chi connectivity index (χ4v) is 1.02. The first-order valence-electron chi connectivity index (χ1n) is 4.88. The molecule has 0 bridgehead atoms. The van der Waals surface area contributed by atoms with E-state index < -0.39 is 5.97 Å². The molecule has 1 aromatic rings. The van der Waals surface area contributed by atoms with E-state index in [9.17, 15) is 9.59 Å². The second-order valence-electron chi connectivity index (χ2n) is 2.67. The van der Waals surface area contributed by atoms with Crippen molar-refractivity contribution in [3.05, 3.63) is 34.2 Å². The van der Waals surface area contributed by atoms with Gasteiger partial charge in [0, 0.05) is 11.8 Å². The number of esters is 1. The van der Waals surface area contributed by atoms with Crippen molar-refractivity contribution in [3.63, 3.8) is 0 Å². The molecule has 0 unspecified atom stereocenters. The number of carbonyl (C=O) groups is 1. The summed E-state index contributed by atoms with van der Waals surface area (Å²) in [5, 5.41) is 0. The number of methoxy groups -OCH3 is 1. The van der Waals surface area contributed by atoms with Crippen LogP contribution < -0.4 is 5.56 Å². The molecular formula is C11H17NO3. The first-order valence-corrected chi connectivity index (χ1v) is 4.88. The molecule has 0 aliphatic carbocycles. The second-order valence-corrected chi connectivity index (χ2v) is 2.67. The highest BCUT2D eigenvalue weighted by molar-refractivity contribution is 5.69. The van der Waals surface area contributed by atoms with E-state index in [0.29, 0.717) is 0 Å². The summed E-state index contributed by atoms with van der Waals surface area (Å²) in [6, 6.07) is 4.84. The van der Waals surface area contributed by atoms with Gasteiger partial charge in [-0.25, -0.2) is 0 Å². The van der Waals surface area contributed by atoms with Gasteiger partial charge in [0.2, 0.25) is 0 Å². The quantitative estimate of drug-likeness (QED) is 0.694. The number of ether oxygens (including phenoxy) is 1. The van der Waals surface area contributed by atoms with E-state index in [1.165, 1.54) is 17.7 Å². The Balaban J connectivity index is 0.000000921. The molecule has 1 rings (SSSR count). The lowest BCUT2D eigenvalue weighted by atomic mass is 10.3. The van der Waals surface area contributed by atoms with Crippen LogP contribution >= 0.6 is 0 Å². The zero-order chi connectivity index (χ0) is 11.8. The summed E-state index contributed by atoms with van der Waals surface area (Å²) in [5.74, 6) is -0.420. The van der Waals surface area contributed by atoms with Gasteiger partial charge in [-0.05, 0) is 13.0 Å². The summed E-state index contributed by atoms with van der Waals surface area (Å²) < 4.78 is 5.83. The van der Waals surface area contributed by atoms with Crippen molar-refractivity contribution < 1.29 is 9.53 Å². The number of pyridine rings is 1. The van der Waals surface area contributed by atoms with Crippen LogP contribution in [0.1, 0.15) is 19.5 Å². The van der Waals surface area contributed by atoms with Gasteiger partial charge in [0.15, 0.2) is 0 Å². The molecule has 0 atom stereocenters. The van der Waals surface area contributed by atoms with Gasteiger partial charge in [0.05, 0.1) is 7.11 Å². The van der Waals surface area contributed by atoms with Gasteiger partial charge in [-0.1, -0.05) is 19.9 Å². The minimum absolute atomic E-state index is 0.0258. The monoisotopic (exact) mass is 211 g/mol. The maximum absolute atomic E-state index is 11.2. The molecule has 0 amide bonds. The molecule has 0 radical (unpaired) electrons. The normalized spacial score (nSPS) is 8.80. The Morgan fingerprint density at radius 1 is 1.40 bits per heavy atom. The third-order valence-corrected chi connectivity index (χ3v) is 1.78. The number of rotatable bonds is 2. The van der Waals surface area contributed by atoms with Crippen LogP contribution in [0.5, 0.6) is 0 Å². The molecule has 0 saturated heterocycles. The van der Waals surface area contributed by atoms with Gasteiger partial charge in [-0.2, -0.15) is 0 Å². The van der Waals surface area contributed by atoms with E-state index in [1.807, 2.05) is 13.8 Å². The lowest BCUT2D eigenvalue weighted by molar-refractivity contribution is -0.141. The highest BCUT2D eigenvalue weighted by Crippen LogP contribution is 1.93. The van der Waals surface area contributed by atoms with Crippen LogP contribution in [-0.4, -0.2) is 17.6 Å². The lowest BCUT2D eigenvalue weighted by Crippen LogP contribution is -2.25. The fourth-order valence-electron chi connectivity index (χ4n) is 1.02. The van der Waals surface area contributed by atoms with Gasteiger partial charge < -0.3 is 9.30 Å². The Morgan fingerprint density at radius 3 is 2.47 bits per heavy atom. The summed E-state index contributed by atoms with van der Waals surface area (Å²) >= 11 is 0. The first-order chi connectivity index (χ1) is 7.15. The van der Waals surface area contributed by atoms with Gasteiger partial charge in [-0.3, -0.25) is 9.59 Å². The van der Waals surface area contributed by atoms with E-state index in [0.717, 1.165) is 5.69 Å². The van der Waals surface area contributed by atoms with Crippen molar-refractivity contribution in [3.8, 4) is 0 Å². The standard InChI is InChI=1S/C9H11NO3.C2H6/c1-7-4-3-5-8(11)10(7)6-9(12)13-2;1-2/h3-5H,6H2,1-2H3;1-2H3. The summed E-state index contributed by atoms with van der Waals surface area (Å²) in [7, 11) is 1.30. The Bertz CT molecular complexity index is 368. The third kappa shape index (κ3) is 3.97. The van der Waals surface area contributed by atoms with Crippen LogP contribution in [0, 0.1) is 6.92 Å². The number of hydrogen-bond donors (Lipinski definition) is 0. The maximum atomic E-state index is 11.2. The molecule has 84 valence electrons. The zero-order valence-electron chi connectivity index (χ0n) is 9.61. The average Bonchev–Trinajstić information content (AvgIpc) is 2.26. The van der Waals surface area contributed by atoms with Crippen molar-refractivity contribution in [1.29, 1.82) is 0 Å². The van der Waals surface area contributed by atoms with Crippen molar-refractivity contribution in [2.24, 2.45) is 0 Å².